The Balaban J connectivity index is 1.53. The summed E-state index contributed by atoms with van der Waals surface area (Å²) in [4.78, 5) is 14.9. The molecule has 0 fully saturated rings. The third kappa shape index (κ3) is 3.14. The summed E-state index contributed by atoms with van der Waals surface area (Å²) >= 11 is 0. The molecule has 0 saturated carbocycles. The second-order valence-electron chi connectivity index (χ2n) is 6.31. The van der Waals surface area contributed by atoms with Crippen LogP contribution in [0.1, 0.15) is 21.5 Å². The van der Waals surface area contributed by atoms with Crippen LogP contribution in [-0.2, 0) is 6.54 Å². The van der Waals surface area contributed by atoms with Gasteiger partial charge in [-0.15, -0.1) is 0 Å². The van der Waals surface area contributed by atoms with E-state index in [1.807, 2.05) is 60.7 Å². The number of nitrogens with zero attached hydrogens (tertiary/aromatic N) is 1. The van der Waals surface area contributed by atoms with E-state index in [-0.39, 0.29) is 5.78 Å². The molecule has 4 rings (SSSR count). The first-order valence-corrected chi connectivity index (χ1v) is 8.60. The van der Waals surface area contributed by atoms with E-state index >= 15 is 0 Å². The molecule has 0 atom stereocenters. The zero-order valence-corrected chi connectivity index (χ0v) is 14.6. The van der Waals surface area contributed by atoms with Crippen molar-refractivity contribution in [1.29, 1.82) is 0 Å². The first kappa shape index (κ1) is 16.2. The quantitative estimate of drug-likeness (QED) is 0.700. The fourth-order valence-electron chi connectivity index (χ4n) is 3.21. The molecule has 1 aliphatic rings. The van der Waals surface area contributed by atoms with Crippen molar-refractivity contribution in [2.45, 2.75) is 6.54 Å². The molecule has 0 aromatic heterocycles. The number of carbonyl (C=O) groups excluding carboxylic acids is 1. The lowest BCUT2D eigenvalue weighted by Crippen LogP contribution is -2.21. The summed E-state index contributed by atoms with van der Waals surface area (Å²) in [5.74, 6) is 0.904. The van der Waals surface area contributed by atoms with Crippen LogP contribution in [0.4, 0.5) is 11.4 Å². The van der Waals surface area contributed by atoms with E-state index in [1.165, 1.54) is 5.56 Å². The minimum Gasteiger partial charge on any atom is -0.497 e. The Kier molecular flexibility index (Phi) is 4.32. The maximum Gasteiger partial charge on any atom is 0.193 e. The summed E-state index contributed by atoms with van der Waals surface area (Å²) in [5, 5.41) is 3.39. The highest BCUT2D eigenvalue weighted by Gasteiger charge is 2.20. The molecule has 130 valence electrons. The zero-order chi connectivity index (χ0) is 17.9. The Labute approximate surface area is 153 Å². The Morgan fingerprint density at radius 2 is 1.77 bits per heavy atom. The summed E-state index contributed by atoms with van der Waals surface area (Å²) in [7, 11) is 1.67. The van der Waals surface area contributed by atoms with Gasteiger partial charge < -0.3 is 15.0 Å². The predicted octanol–water partition coefficient (Wildman–Crippen LogP) is 4.32. The zero-order valence-electron chi connectivity index (χ0n) is 14.6. The monoisotopic (exact) mass is 344 g/mol. The molecule has 0 amide bonds. The van der Waals surface area contributed by atoms with Crippen molar-refractivity contribution < 1.29 is 9.53 Å². The molecular weight excluding hydrogens is 324 g/mol. The van der Waals surface area contributed by atoms with E-state index in [9.17, 15) is 4.79 Å². The Bertz CT molecular complexity index is 921. The molecule has 1 aliphatic heterocycles. The van der Waals surface area contributed by atoms with Gasteiger partial charge in [-0.2, -0.15) is 0 Å². The van der Waals surface area contributed by atoms with E-state index in [0.717, 1.165) is 30.3 Å². The fraction of sp³-hybridized carbons (Fsp3) is 0.136. The Morgan fingerprint density at radius 3 is 2.50 bits per heavy atom. The summed E-state index contributed by atoms with van der Waals surface area (Å²) in [6, 6.07) is 23.3. The number of ether oxygens (including phenoxy) is 1. The van der Waals surface area contributed by atoms with Crippen molar-refractivity contribution in [2.75, 3.05) is 24.0 Å². The van der Waals surface area contributed by atoms with E-state index < -0.39 is 0 Å². The van der Waals surface area contributed by atoms with E-state index in [2.05, 4.69) is 22.3 Å². The average molecular weight is 344 g/mol. The Morgan fingerprint density at radius 1 is 1.00 bits per heavy atom. The highest BCUT2D eigenvalue weighted by atomic mass is 16.5. The van der Waals surface area contributed by atoms with Crippen molar-refractivity contribution in [2.24, 2.45) is 0 Å². The molecule has 0 bridgehead atoms. The van der Waals surface area contributed by atoms with Crippen molar-refractivity contribution >= 4 is 17.2 Å². The van der Waals surface area contributed by atoms with Crippen molar-refractivity contribution in [1.82, 2.24) is 0 Å². The van der Waals surface area contributed by atoms with Crippen LogP contribution < -0.4 is 15.0 Å². The van der Waals surface area contributed by atoms with Gasteiger partial charge in [0.15, 0.2) is 5.78 Å². The van der Waals surface area contributed by atoms with Crippen LogP contribution in [-0.4, -0.2) is 19.6 Å². The van der Waals surface area contributed by atoms with Crippen LogP contribution in [0.25, 0.3) is 0 Å². The van der Waals surface area contributed by atoms with Crippen LogP contribution in [0, 0.1) is 0 Å². The average Bonchev–Trinajstić information content (AvgIpc) is 3.10. The number of benzene rings is 3. The molecule has 4 heteroatoms. The SMILES string of the molecule is COc1ccc(CN2CNc3cc(C(=O)c4ccccc4)ccc32)cc1. The van der Waals surface area contributed by atoms with E-state index in [1.54, 1.807) is 7.11 Å². The summed E-state index contributed by atoms with van der Waals surface area (Å²) < 4.78 is 5.21. The van der Waals surface area contributed by atoms with E-state index in [0.29, 0.717) is 11.1 Å². The van der Waals surface area contributed by atoms with Crippen molar-refractivity contribution in [3.63, 3.8) is 0 Å². The first-order chi connectivity index (χ1) is 12.7. The predicted molar refractivity (Wildman–Crippen MR) is 104 cm³/mol. The molecule has 1 heterocycles. The Hall–Kier alpha value is -3.27. The number of anilines is 2. The molecule has 1 N–H and O–H groups in total. The van der Waals surface area contributed by atoms with Gasteiger partial charge in [-0.1, -0.05) is 42.5 Å². The van der Waals surface area contributed by atoms with Crippen molar-refractivity contribution in [3.8, 4) is 5.75 Å². The van der Waals surface area contributed by atoms with Gasteiger partial charge in [0, 0.05) is 17.7 Å². The van der Waals surface area contributed by atoms with Crippen LogP contribution >= 0.6 is 0 Å². The minimum absolute atomic E-state index is 0.0452. The summed E-state index contributed by atoms with van der Waals surface area (Å²) in [6.07, 6.45) is 0. The van der Waals surface area contributed by atoms with Gasteiger partial charge in [0.25, 0.3) is 0 Å². The number of hydrogen-bond acceptors (Lipinski definition) is 4. The number of methoxy groups -OCH3 is 1. The minimum atomic E-state index is 0.0452. The third-order valence-electron chi connectivity index (χ3n) is 4.63. The smallest absolute Gasteiger partial charge is 0.193 e. The largest absolute Gasteiger partial charge is 0.497 e. The highest BCUT2D eigenvalue weighted by Crippen LogP contribution is 2.33. The lowest BCUT2D eigenvalue weighted by Gasteiger charge is -2.18. The fourth-order valence-corrected chi connectivity index (χ4v) is 3.21. The summed E-state index contributed by atoms with van der Waals surface area (Å²) in [6.45, 7) is 1.53. The second-order valence-corrected chi connectivity index (χ2v) is 6.31. The molecule has 0 spiro atoms. The molecule has 4 nitrogen and oxygen atoms in total. The van der Waals surface area contributed by atoms with Gasteiger partial charge in [0.2, 0.25) is 0 Å². The first-order valence-electron chi connectivity index (χ1n) is 8.60. The normalized spacial score (nSPS) is 12.4. The van der Waals surface area contributed by atoms with Gasteiger partial charge in [0.1, 0.15) is 5.75 Å². The highest BCUT2D eigenvalue weighted by molar-refractivity contribution is 6.10. The molecule has 0 radical (unpaired) electrons. The maximum atomic E-state index is 12.6. The molecule has 3 aromatic carbocycles. The number of rotatable bonds is 5. The lowest BCUT2D eigenvalue weighted by atomic mass is 10.0. The second kappa shape index (κ2) is 6.92. The van der Waals surface area contributed by atoms with Crippen molar-refractivity contribution in [3.05, 3.63) is 89.5 Å². The molecule has 0 saturated heterocycles. The molecule has 0 unspecified atom stereocenters. The summed E-state index contributed by atoms with van der Waals surface area (Å²) in [5.41, 5.74) is 4.74. The number of nitrogens with one attached hydrogen (secondary N) is 1. The number of fused-ring (bicyclic) bond motifs is 1. The van der Waals surface area contributed by atoms with Crippen LogP contribution in [0.15, 0.2) is 72.8 Å². The number of ketones is 1. The lowest BCUT2D eigenvalue weighted by molar-refractivity contribution is 0.103. The van der Waals surface area contributed by atoms with Gasteiger partial charge in [-0.05, 0) is 35.9 Å². The van der Waals surface area contributed by atoms with Gasteiger partial charge in [0.05, 0.1) is 25.2 Å². The van der Waals surface area contributed by atoms with Gasteiger partial charge in [-0.3, -0.25) is 4.79 Å². The number of hydrogen-bond donors (Lipinski definition) is 1. The standard InChI is InChI=1S/C22H20N2O2/c1-26-19-10-7-16(8-11-19)14-24-15-23-20-13-18(9-12-21(20)24)22(25)17-5-3-2-4-6-17/h2-13,23H,14-15H2,1H3. The topological polar surface area (TPSA) is 41.6 Å². The number of carbonyl (C=O) groups is 1. The van der Waals surface area contributed by atoms with Crippen LogP contribution in [0.3, 0.4) is 0 Å². The molecule has 3 aromatic rings. The third-order valence-corrected chi connectivity index (χ3v) is 4.63. The van der Waals surface area contributed by atoms with Gasteiger partial charge >= 0.3 is 0 Å². The maximum absolute atomic E-state index is 12.6. The van der Waals surface area contributed by atoms with Crippen LogP contribution in [0.2, 0.25) is 0 Å². The van der Waals surface area contributed by atoms with E-state index in [4.69, 9.17) is 4.74 Å². The van der Waals surface area contributed by atoms with Gasteiger partial charge in [-0.25, -0.2) is 0 Å². The van der Waals surface area contributed by atoms with Crippen LogP contribution in [0.5, 0.6) is 5.75 Å². The molecule has 0 aliphatic carbocycles. The molecule has 26 heavy (non-hydrogen) atoms. The molecular formula is C22H20N2O2.